The van der Waals surface area contributed by atoms with E-state index in [-0.39, 0.29) is 24.0 Å². The molecule has 0 radical (unpaired) electrons. The molecular weight excluding hydrogens is 467 g/mol. The van der Waals surface area contributed by atoms with Crippen LogP contribution >= 0.6 is 24.0 Å². The molecule has 28 heavy (non-hydrogen) atoms. The molecule has 2 rings (SSSR count). The molecule has 0 saturated carbocycles. The zero-order valence-electron chi connectivity index (χ0n) is 17.9. The number of piperidine rings is 1. The molecule has 1 saturated heterocycles. The van der Waals surface area contributed by atoms with Crippen molar-refractivity contribution >= 4 is 29.9 Å². The van der Waals surface area contributed by atoms with Crippen LogP contribution in [0.2, 0.25) is 0 Å². The zero-order chi connectivity index (χ0) is 19.8. The zero-order valence-corrected chi connectivity index (χ0v) is 20.2. The fraction of sp³-hybridized carbons (Fsp3) is 0.667. The number of halogens is 1. The second-order valence-electron chi connectivity index (χ2n) is 7.80. The van der Waals surface area contributed by atoms with Crippen LogP contribution in [0.15, 0.2) is 23.2 Å². The first-order valence-corrected chi connectivity index (χ1v) is 9.93. The van der Waals surface area contributed by atoms with E-state index in [1.807, 2.05) is 18.2 Å². The lowest BCUT2D eigenvalue weighted by atomic mass is 9.94. The number of benzene rings is 1. The van der Waals surface area contributed by atoms with E-state index in [1.165, 1.54) is 25.9 Å². The molecule has 0 spiro atoms. The summed E-state index contributed by atoms with van der Waals surface area (Å²) < 4.78 is 10.6. The number of guanidine groups is 1. The molecule has 0 aliphatic carbocycles. The number of hydrogen-bond acceptors (Lipinski definition) is 4. The Bertz CT molecular complexity index is 616. The maximum atomic E-state index is 6.11. The fourth-order valence-electron chi connectivity index (χ4n) is 3.57. The topological polar surface area (TPSA) is 72.1 Å². The number of nitrogens with zero attached hydrogens (tertiary/aromatic N) is 2. The lowest BCUT2D eigenvalue weighted by Crippen LogP contribution is -2.50. The van der Waals surface area contributed by atoms with Crippen molar-refractivity contribution in [1.82, 2.24) is 10.2 Å². The average Bonchev–Trinajstić information content (AvgIpc) is 2.67. The summed E-state index contributed by atoms with van der Waals surface area (Å²) in [6.07, 6.45) is 2.57. The van der Waals surface area contributed by atoms with Gasteiger partial charge in [0.05, 0.1) is 20.8 Å². The van der Waals surface area contributed by atoms with Crippen molar-refractivity contribution < 1.29 is 9.47 Å². The monoisotopic (exact) mass is 504 g/mol. The highest BCUT2D eigenvalue weighted by molar-refractivity contribution is 14.0. The van der Waals surface area contributed by atoms with E-state index in [9.17, 15) is 0 Å². The molecular formula is C21H37IN4O2. The average molecular weight is 504 g/mol. The molecule has 1 unspecified atom stereocenters. The van der Waals surface area contributed by atoms with Gasteiger partial charge in [-0.3, -0.25) is 4.90 Å². The first-order valence-electron chi connectivity index (χ1n) is 9.93. The Morgan fingerprint density at radius 1 is 1.21 bits per heavy atom. The number of likely N-dealkylation sites (tertiary alicyclic amines) is 1. The van der Waals surface area contributed by atoms with E-state index in [1.54, 1.807) is 14.2 Å². The van der Waals surface area contributed by atoms with Crippen LogP contribution in [-0.4, -0.2) is 50.8 Å². The molecule has 1 fully saturated rings. The van der Waals surface area contributed by atoms with Crippen molar-refractivity contribution in [3.63, 3.8) is 0 Å². The third-order valence-corrected chi connectivity index (χ3v) is 5.43. The highest BCUT2D eigenvalue weighted by Crippen LogP contribution is 2.27. The van der Waals surface area contributed by atoms with Gasteiger partial charge in [0.25, 0.3) is 0 Å². The van der Waals surface area contributed by atoms with E-state index in [2.05, 4.69) is 36.0 Å². The van der Waals surface area contributed by atoms with Crippen molar-refractivity contribution in [2.45, 2.75) is 46.2 Å². The molecule has 1 aliphatic rings. The van der Waals surface area contributed by atoms with Crippen LogP contribution in [0.5, 0.6) is 11.5 Å². The molecule has 1 aliphatic heterocycles. The minimum atomic E-state index is 0. The molecule has 3 N–H and O–H groups in total. The van der Waals surface area contributed by atoms with Crippen LogP contribution in [-0.2, 0) is 6.54 Å². The standard InChI is InChI=1S/C21H36N4O2.HI/c1-15(2)18(25-10-8-16(3)9-11-25)14-24-21(22)23-13-17-6-7-19(26-4)20(12-17)27-5;/h6-7,12,15-16,18H,8-11,13-14H2,1-5H3,(H3,22,23,24);1H. The number of nitrogens with one attached hydrogen (secondary N) is 1. The molecule has 160 valence electrons. The minimum Gasteiger partial charge on any atom is -0.493 e. The van der Waals surface area contributed by atoms with Gasteiger partial charge in [-0.05, 0) is 55.5 Å². The Labute approximate surface area is 187 Å². The Morgan fingerprint density at radius 2 is 1.86 bits per heavy atom. The van der Waals surface area contributed by atoms with E-state index in [4.69, 9.17) is 15.2 Å². The number of nitrogens with two attached hydrogens (primary N) is 1. The first-order chi connectivity index (χ1) is 12.9. The van der Waals surface area contributed by atoms with Gasteiger partial charge in [-0.25, -0.2) is 4.99 Å². The molecule has 1 atom stereocenters. The summed E-state index contributed by atoms with van der Waals surface area (Å²) in [6.45, 7) is 10.6. The van der Waals surface area contributed by atoms with Gasteiger partial charge in [-0.1, -0.05) is 26.8 Å². The van der Waals surface area contributed by atoms with Gasteiger partial charge in [0.2, 0.25) is 0 Å². The summed E-state index contributed by atoms with van der Waals surface area (Å²) in [7, 11) is 3.26. The highest BCUT2D eigenvalue weighted by atomic mass is 127. The largest absolute Gasteiger partial charge is 0.493 e. The van der Waals surface area contributed by atoms with E-state index >= 15 is 0 Å². The number of methoxy groups -OCH3 is 2. The van der Waals surface area contributed by atoms with Gasteiger partial charge in [0.1, 0.15) is 0 Å². The van der Waals surface area contributed by atoms with Gasteiger partial charge in [0.15, 0.2) is 17.5 Å². The summed E-state index contributed by atoms with van der Waals surface area (Å²) in [4.78, 5) is 7.08. The predicted molar refractivity (Wildman–Crippen MR) is 127 cm³/mol. The summed E-state index contributed by atoms with van der Waals surface area (Å²) in [5.41, 5.74) is 7.14. The van der Waals surface area contributed by atoms with E-state index in [0.29, 0.717) is 36.0 Å². The summed E-state index contributed by atoms with van der Waals surface area (Å²) >= 11 is 0. The van der Waals surface area contributed by atoms with Gasteiger partial charge in [0, 0.05) is 12.6 Å². The highest BCUT2D eigenvalue weighted by Gasteiger charge is 2.25. The van der Waals surface area contributed by atoms with Crippen molar-refractivity contribution in [2.24, 2.45) is 22.6 Å². The number of hydrogen-bond donors (Lipinski definition) is 2. The van der Waals surface area contributed by atoms with Crippen molar-refractivity contribution in [2.75, 3.05) is 33.9 Å². The molecule has 0 aromatic heterocycles. The van der Waals surface area contributed by atoms with Crippen LogP contribution in [0.4, 0.5) is 0 Å². The number of ether oxygens (including phenoxy) is 2. The summed E-state index contributed by atoms with van der Waals surface area (Å²) in [6, 6.07) is 6.28. The second kappa shape index (κ2) is 12.4. The van der Waals surface area contributed by atoms with Crippen molar-refractivity contribution in [3.05, 3.63) is 23.8 Å². The lowest BCUT2D eigenvalue weighted by Gasteiger charge is -2.39. The van der Waals surface area contributed by atoms with Crippen LogP contribution in [0, 0.1) is 11.8 Å². The Hall–Kier alpha value is -1.22. The van der Waals surface area contributed by atoms with Gasteiger partial charge in [-0.15, -0.1) is 24.0 Å². The maximum Gasteiger partial charge on any atom is 0.188 e. The molecule has 1 heterocycles. The Morgan fingerprint density at radius 3 is 2.43 bits per heavy atom. The fourth-order valence-corrected chi connectivity index (χ4v) is 3.57. The molecule has 1 aromatic rings. The van der Waals surface area contributed by atoms with Gasteiger partial charge in [-0.2, -0.15) is 0 Å². The van der Waals surface area contributed by atoms with Crippen molar-refractivity contribution in [1.29, 1.82) is 0 Å². The maximum absolute atomic E-state index is 6.11. The molecule has 0 bridgehead atoms. The minimum absolute atomic E-state index is 0. The summed E-state index contributed by atoms with van der Waals surface area (Å²) in [5, 5.41) is 3.32. The second-order valence-corrected chi connectivity index (χ2v) is 7.80. The van der Waals surface area contributed by atoms with Gasteiger partial charge >= 0.3 is 0 Å². The number of aliphatic imine (C=N–C) groups is 1. The normalized spacial score (nSPS) is 17.1. The molecule has 0 amide bonds. The van der Waals surface area contributed by atoms with Crippen LogP contribution in [0.1, 0.15) is 39.2 Å². The van der Waals surface area contributed by atoms with E-state index < -0.39 is 0 Å². The third kappa shape index (κ3) is 7.31. The Balaban J connectivity index is 0.00000392. The molecule has 6 nitrogen and oxygen atoms in total. The lowest BCUT2D eigenvalue weighted by molar-refractivity contribution is 0.110. The third-order valence-electron chi connectivity index (χ3n) is 5.43. The first kappa shape index (κ1) is 24.8. The molecule has 7 heteroatoms. The summed E-state index contributed by atoms with van der Waals surface area (Å²) in [5.74, 6) is 3.32. The van der Waals surface area contributed by atoms with Crippen LogP contribution in [0.25, 0.3) is 0 Å². The predicted octanol–water partition coefficient (Wildman–Crippen LogP) is 3.48. The quantitative estimate of drug-likeness (QED) is 0.322. The van der Waals surface area contributed by atoms with Crippen LogP contribution < -0.4 is 20.5 Å². The number of rotatable bonds is 8. The SMILES string of the molecule is COc1ccc(CN=C(N)NCC(C(C)C)N2CCC(C)CC2)cc1OC.I. The van der Waals surface area contributed by atoms with Crippen molar-refractivity contribution in [3.8, 4) is 11.5 Å². The smallest absolute Gasteiger partial charge is 0.188 e. The van der Waals surface area contributed by atoms with E-state index in [0.717, 1.165) is 18.0 Å². The Kier molecular flexibility index (Phi) is 11.0. The van der Waals surface area contributed by atoms with Crippen LogP contribution in [0.3, 0.4) is 0 Å². The van der Waals surface area contributed by atoms with Gasteiger partial charge < -0.3 is 20.5 Å². The molecule has 1 aromatic carbocycles.